The number of anilines is 2. The summed E-state index contributed by atoms with van der Waals surface area (Å²) in [5.41, 5.74) is 1.22. The zero-order valence-corrected chi connectivity index (χ0v) is 24.0. The van der Waals surface area contributed by atoms with Crippen LogP contribution in [0.4, 0.5) is 11.4 Å². The minimum atomic E-state index is -3.74. The van der Waals surface area contributed by atoms with Crippen LogP contribution >= 0.6 is 22.9 Å². The molecular formula is C30H24ClN3O5S2. The highest BCUT2D eigenvalue weighted by Crippen LogP contribution is 2.40. The van der Waals surface area contributed by atoms with Crippen LogP contribution in [0.1, 0.15) is 39.1 Å². The fraction of sp³-hybridized carbons (Fsp3) is 0.167. The Morgan fingerprint density at radius 1 is 0.829 bits per heavy atom. The van der Waals surface area contributed by atoms with Crippen molar-refractivity contribution in [3.63, 3.8) is 0 Å². The van der Waals surface area contributed by atoms with Crippen molar-refractivity contribution >= 4 is 62.1 Å². The number of imide groups is 1. The number of benzene rings is 3. The third kappa shape index (κ3) is 4.76. The number of sulfonamides is 1. The van der Waals surface area contributed by atoms with Gasteiger partial charge in [0.2, 0.25) is 5.91 Å². The van der Waals surface area contributed by atoms with Gasteiger partial charge in [-0.2, -0.15) is 4.31 Å². The van der Waals surface area contributed by atoms with E-state index in [1.807, 2.05) is 30.3 Å². The van der Waals surface area contributed by atoms with Crippen molar-refractivity contribution in [1.82, 2.24) is 4.31 Å². The quantitative estimate of drug-likeness (QED) is 0.290. The number of halogens is 1. The Balaban J connectivity index is 1.26. The van der Waals surface area contributed by atoms with E-state index in [0.29, 0.717) is 26.8 Å². The summed E-state index contributed by atoms with van der Waals surface area (Å²) in [6, 6.07) is 25.6. The fourth-order valence-electron chi connectivity index (χ4n) is 5.47. The van der Waals surface area contributed by atoms with E-state index in [-0.39, 0.29) is 36.0 Å². The Kier molecular flexibility index (Phi) is 7.03. The first-order valence-corrected chi connectivity index (χ1v) is 15.5. The van der Waals surface area contributed by atoms with Crippen molar-refractivity contribution in [3.8, 4) is 0 Å². The monoisotopic (exact) mass is 605 g/mol. The van der Waals surface area contributed by atoms with Crippen molar-refractivity contribution in [2.24, 2.45) is 0 Å². The first kappa shape index (κ1) is 27.3. The molecule has 3 amide bonds. The van der Waals surface area contributed by atoms with Crippen LogP contribution in [0.15, 0.2) is 95.2 Å². The molecule has 3 aromatic carbocycles. The molecule has 0 saturated carbocycles. The van der Waals surface area contributed by atoms with Gasteiger partial charge in [-0.25, -0.2) is 13.3 Å². The third-order valence-corrected chi connectivity index (χ3v) is 11.2. The SMILES string of the molecule is O=C1c2ccccc2C(=O)N1c1cccc(NC(=O)C2(c3ccccc3)CCN(S(=O)(=O)c3ccc(Cl)s3)CC2)c1. The number of nitrogens with zero attached hydrogens (tertiary/aromatic N) is 2. The van der Waals surface area contributed by atoms with Crippen LogP contribution in [0, 0.1) is 0 Å². The second-order valence-corrected chi connectivity index (χ2v) is 13.8. The summed E-state index contributed by atoms with van der Waals surface area (Å²) in [6.45, 7) is 0.296. The van der Waals surface area contributed by atoms with Gasteiger partial charge in [-0.1, -0.05) is 60.1 Å². The number of thiophene rings is 1. The first-order chi connectivity index (χ1) is 19.7. The molecule has 8 nitrogen and oxygen atoms in total. The Hall–Kier alpha value is -3.83. The maximum atomic E-state index is 14.0. The van der Waals surface area contributed by atoms with Crippen molar-refractivity contribution < 1.29 is 22.8 Å². The average Bonchev–Trinajstić information content (AvgIpc) is 3.54. The van der Waals surface area contributed by atoms with Crippen molar-refractivity contribution in [3.05, 3.63) is 112 Å². The lowest BCUT2D eigenvalue weighted by atomic mass is 9.72. The van der Waals surface area contributed by atoms with E-state index >= 15 is 0 Å². The highest BCUT2D eigenvalue weighted by Gasteiger charge is 2.45. The van der Waals surface area contributed by atoms with Gasteiger partial charge in [-0.15, -0.1) is 11.3 Å². The highest BCUT2D eigenvalue weighted by molar-refractivity contribution is 7.91. The first-order valence-electron chi connectivity index (χ1n) is 12.9. The summed E-state index contributed by atoms with van der Waals surface area (Å²) in [5.74, 6) is -1.13. The van der Waals surface area contributed by atoms with E-state index in [1.165, 1.54) is 10.4 Å². The number of carbonyl (C=O) groups is 3. The van der Waals surface area contributed by atoms with Crippen LogP contribution in [0.25, 0.3) is 0 Å². The molecule has 2 aliphatic heterocycles. The molecule has 208 valence electrons. The van der Waals surface area contributed by atoms with Crippen molar-refractivity contribution in [1.29, 1.82) is 0 Å². The molecule has 0 unspecified atom stereocenters. The maximum Gasteiger partial charge on any atom is 0.266 e. The number of nitrogens with one attached hydrogen (secondary N) is 1. The van der Waals surface area contributed by atoms with E-state index in [2.05, 4.69) is 5.32 Å². The zero-order valence-electron chi connectivity index (χ0n) is 21.6. The molecule has 0 spiro atoms. The number of hydrogen-bond donors (Lipinski definition) is 1. The molecular weight excluding hydrogens is 582 g/mol. The summed E-state index contributed by atoms with van der Waals surface area (Å²) in [5, 5.41) is 2.98. The molecule has 1 N–H and O–H groups in total. The number of hydrogen-bond acceptors (Lipinski definition) is 6. The molecule has 1 aromatic heterocycles. The van der Waals surface area contributed by atoms with Gasteiger partial charge in [-0.05, 0) is 60.9 Å². The van der Waals surface area contributed by atoms with Crippen LogP contribution in [0.2, 0.25) is 4.34 Å². The lowest BCUT2D eigenvalue weighted by Crippen LogP contribution is -2.50. The molecule has 1 fully saturated rings. The third-order valence-electron chi connectivity index (χ3n) is 7.64. The van der Waals surface area contributed by atoms with E-state index < -0.39 is 27.3 Å². The minimum Gasteiger partial charge on any atom is -0.325 e. The summed E-state index contributed by atoms with van der Waals surface area (Å²) < 4.78 is 28.4. The molecule has 1 saturated heterocycles. The predicted molar refractivity (Wildman–Crippen MR) is 158 cm³/mol. The molecule has 0 radical (unpaired) electrons. The zero-order chi connectivity index (χ0) is 28.8. The predicted octanol–water partition coefficient (Wildman–Crippen LogP) is 5.56. The van der Waals surface area contributed by atoms with Crippen LogP contribution < -0.4 is 10.2 Å². The molecule has 4 aromatic rings. The number of carbonyl (C=O) groups excluding carboxylic acids is 3. The lowest BCUT2D eigenvalue weighted by molar-refractivity contribution is -0.123. The second kappa shape index (κ2) is 10.5. The van der Waals surface area contributed by atoms with E-state index in [4.69, 9.17) is 11.6 Å². The normalized spacial score (nSPS) is 17.0. The topological polar surface area (TPSA) is 104 Å². The van der Waals surface area contributed by atoms with Gasteiger partial charge in [0, 0.05) is 18.8 Å². The summed E-state index contributed by atoms with van der Waals surface area (Å²) in [6.07, 6.45) is 0.526. The van der Waals surface area contributed by atoms with Crippen LogP contribution in [-0.4, -0.2) is 43.5 Å². The smallest absolute Gasteiger partial charge is 0.266 e. The van der Waals surface area contributed by atoms with Crippen LogP contribution in [-0.2, 0) is 20.2 Å². The molecule has 11 heteroatoms. The lowest BCUT2D eigenvalue weighted by Gasteiger charge is -2.40. The van der Waals surface area contributed by atoms with Gasteiger partial charge in [0.1, 0.15) is 4.21 Å². The van der Waals surface area contributed by atoms with Crippen molar-refractivity contribution in [2.45, 2.75) is 22.5 Å². The number of amides is 3. The summed E-state index contributed by atoms with van der Waals surface area (Å²) >= 11 is 6.99. The van der Waals surface area contributed by atoms with Gasteiger partial charge in [-0.3, -0.25) is 14.4 Å². The van der Waals surface area contributed by atoms with Gasteiger partial charge in [0.15, 0.2) is 0 Å². The highest BCUT2D eigenvalue weighted by atomic mass is 35.5. The number of rotatable bonds is 6. The summed E-state index contributed by atoms with van der Waals surface area (Å²) in [7, 11) is -3.74. The van der Waals surface area contributed by atoms with Gasteiger partial charge < -0.3 is 5.32 Å². The molecule has 6 rings (SSSR count). The molecule has 3 heterocycles. The molecule has 2 aliphatic rings. The molecule has 0 aliphatic carbocycles. The largest absolute Gasteiger partial charge is 0.325 e. The van der Waals surface area contributed by atoms with Gasteiger partial charge in [0.05, 0.1) is 26.6 Å². The average molecular weight is 606 g/mol. The molecule has 0 atom stereocenters. The summed E-state index contributed by atoms with van der Waals surface area (Å²) in [4.78, 5) is 41.1. The van der Waals surface area contributed by atoms with E-state index in [0.717, 1.165) is 21.8 Å². The standard InChI is InChI=1S/C30H24ClN3O5S2/c31-25-13-14-26(40-25)41(38,39)33-17-15-30(16-18-33,20-7-2-1-3-8-20)29(37)32-21-9-6-10-22(19-21)34-27(35)23-11-4-5-12-24(23)28(34)36/h1-14,19H,15-18H2,(H,32,37). The Morgan fingerprint density at radius 3 is 2.07 bits per heavy atom. The van der Waals surface area contributed by atoms with Crippen LogP contribution in [0.3, 0.4) is 0 Å². The second-order valence-electron chi connectivity index (χ2n) is 9.91. The number of piperidine rings is 1. The van der Waals surface area contributed by atoms with E-state index in [9.17, 15) is 22.8 Å². The Morgan fingerprint density at radius 2 is 1.46 bits per heavy atom. The Labute approximate surface area is 246 Å². The number of fused-ring (bicyclic) bond motifs is 1. The molecule has 41 heavy (non-hydrogen) atoms. The molecule has 0 bridgehead atoms. The van der Waals surface area contributed by atoms with Gasteiger partial charge in [0.25, 0.3) is 21.8 Å². The van der Waals surface area contributed by atoms with Crippen molar-refractivity contribution in [2.75, 3.05) is 23.3 Å². The van der Waals surface area contributed by atoms with Gasteiger partial charge >= 0.3 is 0 Å². The van der Waals surface area contributed by atoms with E-state index in [1.54, 1.807) is 54.6 Å². The van der Waals surface area contributed by atoms with Crippen LogP contribution in [0.5, 0.6) is 0 Å². The maximum absolute atomic E-state index is 14.0. The fourth-order valence-corrected chi connectivity index (χ4v) is 8.55. The minimum absolute atomic E-state index is 0.148. The Bertz CT molecular complexity index is 1750.